The molecule has 0 radical (unpaired) electrons. The van der Waals surface area contributed by atoms with Crippen molar-refractivity contribution in [3.8, 4) is 0 Å². The first kappa shape index (κ1) is 16.5. The molecule has 1 amide bonds. The van der Waals surface area contributed by atoms with Gasteiger partial charge >= 0.3 is 0 Å². The number of carbonyl (C=O) groups excluding carboxylic acids is 1. The highest BCUT2D eigenvalue weighted by atomic mass is 35.5. The maximum Gasteiger partial charge on any atom is 0.254 e. The Morgan fingerprint density at radius 1 is 1.24 bits per heavy atom. The van der Waals surface area contributed by atoms with E-state index in [0.29, 0.717) is 5.56 Å². The Morgan fingerprint density at radius 2 is 1.81 bits per heavy atom. The fourth-order valence-corrected chi connectivity index (χ4v) is 3.70. The van der Waals surface area contributed by atoms with Crippen LogP contribution >= 0.6 is 23.2 Å². The van der Waals surface area contributed by atoms with Crippen LogP contribution in [0.2, 0.25) is 10.3 Å². The van der Waals surface area contributed by atoms with Crippen molar-refractivity contribution in [3.05, 3.63) is 28.0 Å². The zero-order valence-electron chi connectivity index (χ0n) is 12.8. The molecule has 0 aromatic carbocycles. The van der Waals surface area contributed by atoms with Gasteiger partial charge < -0.3 is 10.6 Å². The minimum Gasteiger partial charge on any atom is -0.349 e. The molecule has 1 aliphatic heterocycles. The van der Waals surface area contributed by atoms with Gasteiger partial charge in [-0.3, -0.25) is 4.79 Å². The standard InChI is InChI=1S/C15H21Cl2N3O/c1-14(2)7-9(8-15(3,4)20-14)18-13(21)10-5-6-11(16)19-12(10)17/h5-6,9,20H,7-8H2,1-4H3,(H,18,21). The Bertz CT molecular complexity index is 542. The number of aromatic nitrogens is 1. The summed E-state index contributed by atoms with van der Waals surface area (Å²) in [5.74, 6) is -0.206. The molecule has 0 spiro atoms. The molecule has 116 valence electrons. The third-order valence-corrected chi connectivity index (χ3v) is 4.08. The summed E-state index contributed by atoms with van der Waals surface area (Å²) < 4.78 is 0. The van der Waals surface area contributed by atoms with E-state index in [0.717, 1.165) is 12.8 Å². The minimum atomic E-state index is -0.206. The molecule has 1 aromatic heterocycles. The highest BCUT2D eigenvalue weighted by Crippen LogP contribution is 2.29. The number of rotatable bonds is 2. The molecule has 6 heteroatoms. The Kier molecular flexibility index (Phi) is 4.52. The average Bonchev–Trinajstić information content (AvgIpc) is 2.23. The van der Waals surface area contributed by atoms with Gasteiger partial charge in [-0.05, 0) is 52.7 Å². The first-order valence-electron chi connectivity index (χ1n) is 7.00. The molecule has 1 saturated heterocycles. The van der Waals surface area contributed by atoms with Gasteiger partial charge in [-0.2, -0.15) is 0 Å². The van der Waals surface area contributed by atoms with Crippen LogP contribution in [0.15, 0.2) is 12.1 Å². The van der Waals surface area contributed by atoms with E-state index < -0.39 is 0 Å². The second-order valence-electron chi connectivity index (χ2n) is 6.94. The topological polar surface area (TPSA) is 54.0 Å². The molecular formula is C15H21Cl2N3O. The van der Waals surface area contributed by atoms with Gasteiger partial charge in [-0.1, -0.05) is 23.2 Å². The molecule has 2 rings (SSSR count). The number of hydrogen-bond donors (Lipinski definition) is 2. The summed E-state index contributed by atoms with van der Waals surface area (Å²) in [6.07, 6.45) is 1.72. The van der Waals surface area contributed by atoms with Crippen LogP contribution in [0.25, 0.3) is 0 Å². The lowest BCUT2D eigenvalue weighted by atomic mass is 9.79. The summed E-state index contributed by atoms with van der Waals surface area (Å²) in [4.78, 5) is 16.3. The summed E-state index contributed by atoms with van der Waals surface area (Å²) in [6, 6.07) is 3.26. The number of amides is 1. The molecule has 2 heterocycles. The van der Waals surface area contributed by atoms with Crippen LogP contribution in [0, 0.1) is 0 Å². The summed E-state index contributed by atoms with van der Waals surface area (Å²) in [6.45, 7) is 8.57. The van der Waals surface area contributed by atoms with Gasteiger partial charge in [0.1, 0.15) is 10.3 Å². The molecule has 0 bridgehead atoms. The van der Waals surface area contributed by atoms with Crippen LogP contribution in [0.1, 0.15) is 50.9 Å². The van der Waals surface area contributed by atoms with Crippen molar-refractivity contribution in [2.45, 2.75) is 57.7 Å². The second kappa shape index (κ2) is 5.75. The highest BCUT2D eigenvalue weighted by molar-refractivity contribution is 6.34. The zero-order chi connectivity index (χ0) is 15.8. The van der Waals surface area contributed by atoms with Gasteiger partial charge in [-0.25, -0.2) is 4.98 Å². The monoisotopic (exact) mass is 329 g/mol. The Balaban J connectivity index is 2.12. The van der Waals surface area contributed by atoms with Gasteiger partial charge in [0, 0.05) is 17.1 Å². The molecule has 0 unspecified atom stereocenters. The van der Waals surface area contributed by atoms with Gasteiger partial charge in [0.2, 0.25) is 0 Å². The summed E-state index contributed by atoms with van der Waals surface area (Å²) in [7, 11) is 0. The van der Waals surface area contributed by atoms with Crippen LogP contribution in [-0.4, -0.2) is 28.0 Å². The average molecular weight is 330 g/mol. The third kappa shape index (κ3) is 4.31. The lowest BCUT2D eigenvalue weighted by Crippen LogP contribution is -2.62. The third-order valence-electron chi connectivity index (χ3n) is 3.58. The molecule has 4 nitrogen and oxygen atoms in total. The van der Waals surface area contributed by atoms with E-state index in [4.69, 9.17) is 23.2 Å². The highest BCUT2D eigenvalue weighted by Gasteiger charge is 2.38. The SMILES string of the molecule is CC1(C)CC(NC(=O)c2ccc(Cl)nc2Cl)CC(C)(C)N1. The van der Waals surface area contributed by atoms with E-state index in [9.17, 15) is 4.79 Å². The van der Waals surface area contributed by atoms with Crippen LogP contribution in [0.3, 0.4) is 0 Å². The van der Waals surface area contributed by atoms with E-state index in [2.05, 4.69) is 43.3 Å². The number of nitrogens with zero attached hydrogens (tertiary/aromatic N) is 1. The van der Waals surface area contributed by atoms with Crippen LogP contribution < -0.4 is 10.6 Å². The molecule has 0 aliphatic carbocycles. The largest absolute Gasteiger partial charge is 0.349 e. The first-order chi connectivity index (χ1) is 9.58. The first-order valence-corrected chi connectivity index (χ1v) is 7.76. The van der Waals surface area contributed by atoms with Crippen molar-refractivity contribution in [2.24, 2.45) is 0 Å². The molecule has 0 atom stereocenters. The lowest BCUT2D eigenvalue weighted by Gasteiger charge is -2.46. The molecule has 0 saturated carbocycles. The van der Waals surface area contributed by atoms with E-state index in [-0.39, 0.29) is 33.3 Å². The van der Waals surface area contributed by atoms with E-state index in [1.54, 1.807) is 12.1 Å². The molecule has 1 aromatic rings. The smallest absolute Gasteiger partial charge is 0.254 e. The maximum atomic E-state index is 12.4. The molecule has 2 N–H and O–H groups in total. The maximum absolute atomic E-state index is 12.4. The minimum absolute atomic E-state index is 0.0261. The van der Waals surface area contributed by atoms with Crippen molar-refractivity contribution in [3.63, 3.8) is 0 Å². The summed E-state index contributed by atoms with van der Waals surface area (Å²) in [5.41, 5.74) is 0.305. The van der Waals surface area contributed by atoms with Crippen molar-refractivity contribution < 1.29 is 4.79 Å². The van der Waals surface area contributed by atoms with E-state index in [1.165, 1.54) is 0 Å². The van der Waals surface area contributed by atoms with Crippen molar-refractivity contribution in [1.82, 2.24) is 15.6 Å². The molecule has 1 aliphatic rings. The Morgan fingerprint density at radius 3 is 2.33 bits per heavy atom. The summed E-state index contributed by atoms with van der Waals surface area (Å²) in [5, 5.41) is 7.06. The predicted molar refractivity (Wildman–Crippen MR) is 86.0 cm³/mol. The van der Waals surface area contributed by atoms with Crippen LogP contribution in [0.5, 0.6) is 0 Å². The number of nitrogens with one attached hydrogen (secondary N) is 2. The van der Waals surface area contributed by atoms with E-state index >= 15 is 0 Å². The molecule has 1 fully saturated rings. The Labute approximate surface area is 135 Å². The zero-order valence-corrected chi connectivity index (χ0v) is 14.3. The van der Waals surface area contributed by atoms with Crippen molar-refractivity contribution >= 4 is 29.1 Å². The number of piperidine rings is 1. The van der Waals surface area contributed by atoms with Gasteiger partial charge in [0.15, 0.2) is 0 Å². The van der Waals surface area contributed by atoms with Crippen molar-refractivity contribution in [2.75, 3.05) is 0 Å². The number of halogens is 2. The normalized spacial score (nSPS) is 21.0. The quantitative estimate of drug-likeness (QED) is 0.817. The van der Waals surface area contributed by atoms with Gasteiger partial charge in [0.25, 0.3) is 5.91 Å². The fourth-order valence-electron chi connectivity index (χ4n) is 3.27. The van der Waals surface area contributed by atoms with Crippen molar-refractivity contribution in [1.29, 1.82) is 0 Å². The second-order valence-corrected chi connectivity index (χ2v) is 7.69. The van der Waals surface area contributed by atoms with Crippen LogP contribution in [0.4, 0.5) is 0 Å². The number of pyridine rings is 1. The number of carbonyl (C=O) groups is 1. The van der Waals surface area contributed by atoms with Gasteiger partial charge in [0.05, 0.1) is 5.56 Å². The number of hydrogen-bond acceptors (Lipinski definition) is 3. The fraction of sp³-hybridized carbons (Fsp3) is 0.600. The molecule has 21 heavy (non-hydrogen) atoms. The van der Waals surface area contributed by atoms with Gasteiger partial charge in [-0.15, -0.1) is 0 Å². The Hall–Kier alpha value is -0.840. The molecular weight excluding hydrogens is 309 g/mol. The lowest BCUT2D eigenvalue weighted by molar-refractivity contribution is 0.0873. The summed E-state index contributed by atoms with van der Waals surface area (Å²) >= 11 is 11.7. The van der Waals surface area contributed by atoms with Crippen LogP contribution in [-0.2, 0) is 0 Å². The van der Waals surface area contributed by atoms with E-state index in [1.807, 2.05) is 0 Å². The predicted octanol–water partition coefficient (Wildman–Crippen LogP) is 3.43.